The normalized spacial score (nSPS) is 38.2. The van der Waals surface area contributed by atoms with Gasteiger partial charge in [0, 0.05) is 18.6 Å². The Balaban J connectivity index is 2.55. The van der Waals surface area contributed by atoms with E-state index in [-0.39, 0.29) is 0 Å². The number of hydrogen-bond donors (Lipinski definition) is 2. The van der Waals surface area contributed by atoms with Crippen LogP contribution in [0.2, 0.25) is 0 Å². The van der Waals surface area contributed by atoms with Crippen LogP contribution in [0.15, 0.2) is 0 Å². The first-order valence-electron chi connectivity index (χ1n) is 4.48. The molecular weight excluding hydrogens is 136 g/mol. The molecule has 11 heavy (non-hydrogen) atoms. The van der Waals surface area contributed by atoms with Crippen LogP contribution in [0.5, 0.6) is 0 Å². The van der Waals surface area contributed by atoms with Gasteiger partial charge < -0.3 is 11.1 Å². The molecule has 0 aliphatic carbocycles. The van der Waals surface area contributed by atoms with E-state index in [2.05, 4.69) is 26.1 Å². The minimum Gasteiger partial charge on any atom is -0.327 e. The lowest BCUT2D eigenvalue weighted by Crippen LogP contribution is -2.35. The van der Waals surface area contributed by atoms with E-state index in [9.17, 15) is 0 Å². The van der Waals surface area contributed by atoms with E-state index in [0.717, 1.165) is 13.0 Å². The van der Waals surface area contributed by atoms with Gasteiger partial charge in [-0.2, -0.15) is 0 Å². The Morgan fingerprint density at radius 3 is 2.64 bits per heavy atom. The van der Waals surface area contributed by atoms with Crippen LogP contribution in [-0.4, -0.2) is 18.6 Å². The Bertz CT molecular complexity index is 118. The van der Waals surface area contributed by atoms with Crippen LogP contribution in [0, 0.1) is 5.41 Å². The zero-order valence-corrected chi connectivity index (χ0v) is 7.85. The smallest absolute Gasteiger partial charge is 0.0170 e. The lowest BCUT2D eigenvalue weighted by Gasteiger charge is -2.25. The van der Waals surface area contributed by atoms with E-state index in [1.54, 1.807) is 0 Å². The van der Waals surface area contributed by atoms with Crippen molar-refractivity contribution in [2.45, 2.75) is 45.7 Å². The van der Waals surface area contributed by atoms with Gasteiger partial charge in [-0.05, 0) is 25.2 Å². The summed E-state index contributed by atoms with van der Waals surface area (Å²) in [7, 11) is 0. The number of hydrogen-bond acceptors (Lipinski definition) is 2. The van der Waals surface area contributed by atoms with Crippen molar-refractivity contribution in [3.8, 4) is 0 Å². The van der Waals surface area contributed by atoms with Crippen molar-refractivity contribution in [2.75, 3.05) is 6.54 Å². The Labute approximate surface area is 69.5 Å². The van der Waals surface area contributed by atoms with E-state index < -0.39 is 0 Å². The average Bonchev–Trinajstić information content (AvgIpc) is 1.89. The molecule has 0 aromatic carbocycles. The highest BCUT2D eigenvalue weighted by molar-refractivity contribution is 4.85. The van der Waals surface area contributed by atoms with Crippen LogP contribution in [-0.2, 0) is 0 Å². The molecule has 1 fully saturated rings. The van der Waals surface area contributed by atoms with Gasteiger partial charge in [0.1, 0.15) is 0 Å². The van der Waals surface area contributed by atoms with E-state index in [0.29, 0.717) is 17.5 Å². The third-order valence-electron chi connectivity index (χ3n) is 2.40. The summed E-state index contributed by atoms with van der Waals surface area (Å²) in [6.07, 6.45) is 2.38. The van der Waals surface area contributed by atoms with Gasteiger partial charge in [-0.3, -0.25) is 0 Å². The van der Waals surface area contributed by atoms with Crippen LogP contribution < -0.4 is 11.1 Å². The molecule has 1 heterocycles. The molecule has 1 saturated heterocycles. The van der Waals surface area contributed by atoms with Gasteiger partial charge in [-0.25, -0.2) is 0 Å². The Kier molecular flexibility index (Phi) is 2.55. The molecule has 2 heteroatoms. The van der Waals surface area contributed by atoms with E-state index in [1.807, 2.05) is 0 Å². The average molecular weight is 156 g/mol. The zero-order valence-electron chi connectivity index (χ0n) is 7.85. The molecule has 2 unspecified atom stereocenters. The molecule has 0 saturated carbocycles. The van der Waals surface area contributed by atoms with Crippen molar-refractivity contribution in [3.05, 3.63) is 0 Å². The second-order valence-electron chi connectivity index (χ2n) is 4.64. The second kappa shape index (κ2) is 3.11. The van der Waals surface area contributed by atoms with Crippen molar-refractivity contribution in [3.63, 3.8) is 0 Å². The van der Waals surface area contributed by atoms with E-state index >= 15 is 0 Å². The van der Waals surface area contributed by atoms with Crippen LogP contribution in [0.4, 0.5) is 0 Å². The fourth-order valence-corrected chi connectivity index (χ4v) is 2.12. The van der Waals surface area contributed by atoms with Crippen molar-refractivity contribution < 1.29 is 0 Å². The molecular formula is C9H20N2. The maximum atomic E-state index is 5.91. The van der Waals surface area contributed by atoms with Gasteiger partial charge in [0.15, 0.2) is 0 Å². The summed E-state index contributed by atoms with van der Waals surface area (Å²) < 4.78 is 0. The van der Waals surface area contributed by atoms with Crippen LogP contribution in [0.1, 0.15) is 33.6 Å². The molecule has 0 aromatic heterocycles. The highest BCUT2D eigenvalue weighted by atomic mass is 14.9. The predicted octanol–water partition coefficient (Wildman–Crippen LogP) is 1.11. The summed E-state index contributed by atoms with van der Waals surface area (Å²) in [5, 5.41) is 3.42. The van der Waals surface area contributed by atoms with Gasteiger partial charge in [0.25, 0.3) is 0 Å². The van der Waals surface area contributed by atoms with E-state index in [4.69, 9.17) is 5.73 Å². The fourth-order valence-electron chi connectivity index (χ4n) is 2.12. The molecule has 0 amide bonds. The summed E-state index contributed by atoms with van der Waals surface area (Å²) in [6.45, 7) is 7.82. The molecule has 1 aliphatic heterocycles. The minimum absolute atomic E-state index is 0.343. The Hall–Kier alpha value is -0.0800. The predicted molar refractivity (Wildman–Crippen MR) is 48.5 cm³/mol. The van der Waals surface area contributed by atoms with Crippen molar-refractivity contribution in [1.82, 2.24) is 5.32 Å². The highest BCUT2D eigenvalue weighted by Gasteiger charge is 2.26. The monoisotopic (exact) mass is 156 g/mol. The summed E-state index contributed by atoms with van der Waals surface area (Å²) in [6, 6.07) is 0.966. The molecule has 2 atom stereocenters. The van der Waals surface area contributed by atoms with Gasteiger partial charge in [-0.1, -0.05) is 13.8 Å². The highest BCUT2D eigenvalue weighted by Crippen LogP contribution is 2.29. The lowest BCUT2D eigenvalue weighted by molar-refractivity contribution is 0.288. The summed E-state index contributed by atoms with van der Waals surface area (Å²) in [5.74, 6) is 0. The molecule has 0 bridgehead atoms. The first-order chi connectivity index (χ1) is 4.99. The maximum absolute atomic E-state index is 5.91. The zero-order chi connectivity index (χ0) is 8.48. The first kappa shape index (κ1) is 9.01. The van der Waals surface area contributed by atoms with Gasteiger partial charge >= 0.3 is 0 Å². The van der Waals surface area contributed by atoms with Crippen molar-refractivity contribution in [1.29, 1.82) is 0 Å². The van der Waals surface area contributed by atoms with Crippen molar-refractivity contribution >= 4 is 0 Å². The SMILES string of the molecule is CC1CC(C)(C)CC(N)CN1. The third-order valence-corrected chi connectivity index (χ3v) is 2.40. The van der Waals surface area contributed by atoms with Crippen molar-refractivity contribution in [2.24, 2.45) is 11.1 Å². The van der Waals surface area contributed by atoms with Crippen LogP contribution in [0.3, 0.4) is 0 Å². The number of nitrogens with one attached hydrogen (secondary N) is 1. The fraction of sp³-hybridized carbons (Fsp3) is 1.00. The van der Waals surface area contributed by atoms with Gasteiger partial charge in [-0.15, -0.1) is 0 Å². The Morgan fingerprint density at radius 2 is 2.00 bits per heavy atom. The molecule has 1 aliphatic rings. The molecule has 2 nitrogen and oxygen atoms in total. The standard InChI is InChI=1S/C9H20N2/c1-7-4-9(2,3)5-8(10)6-11-7/h7-8,11H,4-6,10H2,1-3H3. The lowest BCUT2D eigenvalue weighted by atomic mass is 9.82. The largest absolute Gasteiger partial charge is 0.327 e. The molecule has 66 valence electrons. The maximum Gasteiger partial charge on any atom is 0.0170 e. The topological polar surface area (TPSA) is 38.0 Å². The molecule has 0 spiro atoms. The third kappa shape index (κ3) is 2.80. The van der Waals surface area contributed by atoms with E-state index in [1.165, 1.54) is 6.42 Å². The second-order valence-corrected chi connectivity index (χ2v) is 4.64. The van der Waals surface area contributed by atoms with Crippen LogP contribution >= 0.6 is 0 Å². The van der Waals surface area contributed by atoms with Gasteiger partial charge in [0.2, 0.25) is 0 Å². The Morgan fingerprint density at radius 1 is 1.36 bits per heavy atom. The molecule has 1 rings (SSSR count). The first-order valence-corrected chi connectivity index (χ1v) is 4.48. The molecule has 3 N–H and O–H groups in total. The minimum atomic E-state index is 0.343. The summed E-state index contributed by atoms with van der Waals surface area (Å²) in [5.41, 5.74) is 6.33. The quantitative estimate of drug-likeness (QED) is 0.551. The molecule has 0 aromatic rings. The van der Waals surface area contributed by atoms with Gasteiger partial charge in [0.05, 0.1) is 0 Å². The number of rotatable bonds is 0. The summed E-state index contributed by atoms with van der Waals surface area (Å²) in [4.78, 5) is 0. The molecule has 0 radical (unpaired) electrons. The summed E-state index contributed by atoms with van der Waals surface area (Å²) >= 11 is 0. The number of nitrogens with two attached hydrogens (primary N) is 1. The van der Waals surface area contributed by atoms with Crippen LogP contribution in [0.25, 0.3) is 0 Å².